The average Bonchev–Trinajstić information content (AvgIpc) is 2.60. The number of ether oxygens (including phenoxy) is 2. The molecule has 0 spiro atoms. The number of halogens is 1. The highest BCUT2D eigenvalue weighted by atomic mass is 35.5. The quantitative estimate of drug-likeness (QED) is 0.769. The Morgan fingerprint density at radius 2 is 1.96 bits per heavy atom. The van der Waals surface area contributed by atoms with Gasteiger partial charge in [0.15, 0.2) is 0 Å². The average molecular weight is 349 g/mol. The molecule has 2 aromatic rings. The Balaban J connectivity index is 1.78. The predicted molar refractivity (Wildman–Crippen MR) is 96.2 cm³/mol. The van der Waals surface area contributed by atoms with E-state index >= 15 is 0 Å². The van der Waals surface area contributed by atoms with Crippen LogP contribution in [0.1, 0.15) is 5.56 Å². The fraction of sp³-hybridized carbons (Fsp3) is 0.278. The van der Waals surface area contributed by atoms with Gasteiger partial charge in [0, 0.05) is 11.6 Å². The summed E-state index contributed by atoms with van der Waals surface area (Å²) in [6, 6.07) is 13.0. The number of anilines is 1. The molecule has 0 aliphatic carbocycles. The van der Waals surface area contributed by atoms with E-state index in [2.05, 4.69) is 10.6 Å². The summed E-state index contributed by atoms with van der Waals surface area (Å²) in [5.74, 6) is 1.36. The van der Waals surface area contributed by atoms with Gasteiger partial charge in [0.25, 0.3) is 0 Å². The molecule has 24 heavy (non-hydrogen) atoms. The normalized spacial score (nSPS) is 10.1. The smallest absolute Gasteiger partial charge is 0.239 e. The molecule has 0 aromatic heterocycles. The number of hydrogen-bond donors (Lipinski definition) is 2. The van der Waals surface area contributed by atoms with Crippen LogP contribution in [0.5, 0.6) is 11.5 Å². The zero-order valence-electron chi connectivity index (χ0n) is 13.8. The van der Waals surface area contributed by atoms with Crippen LogP contribution in [0.2, 0.25) is 5.02 Å². The van der Waals surface area contributed by atoms with E-state index in [-0.39, 0.29) is 12.5 Å². The maximum atomic E-state index is 11.9. The van der Waals surface area contributed by atoms with Gasteiger partial charge in [0.2, 0.25) is 5.91 Å². The highest BCUT2D eigenvalue weighted by molar-refractivity contribution is 6.30. The number of carbonyl (C=O) groups is 1. The monoisotopic (exact) mass is 348 g/mol. The number of rotatable bonds is 8. The summed E-state index contributed by atoms with van der Waals surface area (Å²) < 4.78 is 10.4. The van der Waals surface area contributed by atoms with Crippen LogP contribution in [0.25, 0.3) is 0 Å². The number of methoxy groups -OCH3 is 2. The lowest BCUT2D eigenvalue weighted by Gasteiger charge is -2.12. The summed E-state index contributed by atoms with van der Waals surface area (Å²) in [6.45, 7) is 0.704. The highest BCUT2D eigenvalue weighted by Crippen LogP contribution is 2.27. The number of nitrogens with one attached hydrogen (secondary N) is 2. The van der Waals surface area contributed by atoms with Crippen LogP contribution in [0.4, 0.5) is 5.69 Å². The number of carbonyl (C=O) groups excluding carboxylic acids is 1. The molecule has 0 saturated carbocycles. The lowest BCUT2D eigenvalue weighted by Crippen LogP contribution is -2.31. The molecule has 0 heterocycles. The molecule has 2 rings (SSSR count). The van der Waals surface area contributed by atoms with E-state index in [4.69, 9.17) is 21.1 Å². The van der Waals surface area contributed by atoms with Crippen molar-refractivity contribution in [2.75, 3.05) is 32.6 Å². The van der Waals surface area contributed by atoms with Gasteiger partial charge in [-0.3, -0.25) is 4.79 Å². The SMILES string of the molecule is COc1cccc(CCNC(=O)CNc2cc(Cl)ccc2OC)c1. The van der Waals surface area contributed by atoms with Gasteiger partial charge in [-0.25, -0.2) is 0 Å². The first kappa shape index (κ1) is 17.9. The molecule has 1 amide bonds. The molecule has 0 aliphatic rings. The van der Waals surface area contributed by atoms with E-state index in [1.165, 1.54) is 0 Å². The molecular weight excluding hydrogens is 328 g/mol. The standard InChI is InChI=1S/C18H21ClN2O3/c1-23-15-5-3-4-13(10-15)8-9-20-18(22)12-21-16-11-14(19)6-7-17(16)24-2/h3-7,10-11,21H,8-9,12H2,1-2H3,(H,20,22). The summed E-state index contributed by atoms with van der Waals surface area (Å²) in [7, 11) is 3.21. The second kappa shape index (κ2) is 9.03. The summed E-state index contributed by atoms with van der Waals surface area (Å²) in [5, 5.41) is 6.49. The number of amides is 1. The van der Waals surface area contributed by atoms with Crippen LogP contribution in [0.15, 0.2) is 42.5 Å². The topological polar surface area (TPSA) is 59.6 Å². The van der Waals surface area contributed by atoms with Gasteiger partial charge in [-0.05, 0) is 42.3 Å². The van der Waals surface area contributed by atoms with Crippen molar-refractivity contribution in [3.8, 4) is 11.5 Å². The number of benzene rings is 2. The molecule has 0 atom stereocenters. The largest absolute Gasteiger partial charge is 0.497 e. The maximum absolute atomic E-state index is 11.9. The molecule has 128 valence electrons. The second-order valence-electron chi connectivity index (χ2n) is 5.15. The van der Waals surface area contributed by atoms with Gasteiger partial charge in [0.1, 0.15) is 11.5 Å². The lowest BCUT2D eigenvalue weighted by molar-refractivity contribution is -0.119. The maximum Gasteiger partial charge on any atom is 0.239 e. The first-order valence-corrected chi connectivity index (χ1v) is 7.97. The van der Waals surface area contributed by atoms with Crippen LogP contribution < -0.4 is 20.1 Å². The van der Waals surface area contributed by atoms with Crippen molar-refractivity contribution in [3.63, 3.8) is 0 Å². The molecule has 0 radical (unpaired) electrons. The molecule has 0 aliphatic heterocycles. The van der Waals surface area contributed by atoms with E-state index in [0.29, 0.717) is 23.0 Å². The van der Waals surface area contributed by atoms with Gasteiger partial charge >= 0.3 is 0 Å². The second-order valence-corrected chi connectivity index (χ2v) is 5.59. The molecule has 2 N–H and O–H groups in total. The summed E-state index contributed by atoms with van der Waals surface area (Å²) in [6.07, 6.45) is 0.740. The minimum atomic E-state index is -0.0973. The van der Waals surface area contributed by atoms with Crippen molar-refractivity contribution in [3.05, 3.63) is 53.1 Å². The van der Waals surface area contributed by atoms with Crippen molar-refractivity contribution in [1.29, 1.82) is 0 Å². The van der Waals surface area contributed by atoms with E-state index in [0.717, 1.165) is 17.7 Å². The van der Waals surface area contributed by atoms with Gasteiger partial charge in [-0.2, -0.15) is 0 Å². The van der Waals surface area contributed by atoms with Gasteiger partial charge in [-0.1, -0.05) is 23.7 Å². The molecule has 0 bridgehead atoms. The first-order chi connectivity index (χ1) is 11.6. The van der Waals surface area contributed by atoms with Crippen LogP contribution in [-0.2, 0) is 11.2 Å². The van der Waals surface area contributed by atoms with Crippen LogP contribution in [0.3, 0.4) is 0 Å². The third kappa shape index (κ3) is 5.35. The Bertz CT molecular complexity index is 692. The Kier molecular flexibility index (Phi) is 6.75. The minimum absolute atomic E-state index is 0.0973. The van der Waals surface area contributed by atoms with Crippen molar-refractivity contribution in [1.82, 2.24) is 5.32 Å². The van der Waals surface area contributed by atoms with Gasteiger partial charge in [-0.15, -0.1) is 0 Å². The Morgan fingerprint density at radius 1 is 1.12 bits per heavy atom. The van der Waals surface area contributed by atoms with E-state index in [9.17, 15) is 4.79 Å². The van der Waals surface area contributed by atoms with Crippen LogP contribution in [-0.4, -0.2) is 33.2 Å². The molecule has 5 nitrogen and oxygen atoms in total. The third-order valence-corrected chi connectivity index (χ3v) is 3.71. The number of hydrogen-bond acceptors (Lipinski definition) is 4. The fourth-order valence-electron chi connectivity index (χ4n) is 2.23. The lowest BCUT2D eigenvalue weighted by atomic mass is 10.1. The van der Waals surface area contributed by atoms with Crippen LogP contribution >= 0.6 is 11.6 Å². The van der Waals surface area contributed by atoms with Crippen molar-refractivity contribution in [2.45, 2.75) is 6.42 Å². The van der Waals surface area contributed by atoms with Crippen molar-refractivity contribution >= 4 is 23.2 Å². The van der Waals surface area contributed by atoms with Crippen LogP contribution in [0, 0.1) is 0 Å². The van der Waals surface area contributed by atoms with Crippen molar-refractivity contribution < 1.29 is 14.3 Å². The third-order valence-electron chi connectivity index (χ3n) is 3.47. The molecule has 6 heteroatoms. The van der Waals surface area contributed by atoms with E-state index in [1.54, 1.807) is 32.4 Å². The molecule has 0 unspecified atom stereocenters. The van der Waals surface area contributed by atoms with Crippen molar-refractivity contribution in [2.24, 2.45) is 0 Å². The molecule has 0 saturated heterocycles. The van der Waals surface area contributed by atoms with Gasteiger partial charge in [0.05, 0.1) is 26.5 Å². The summed E-state index contributed by atoms with van der Waals surface area (Å²) >= 11 is 5.96. The summed E-state index contributed by atoms with van der Waals surface area (Å²) in [5.41, 5.74) is 1.80. The Labute approximate surface area is 146 Å². The first-order valence-electron chi connectivity index (χ1n) is 7.59. The minimum Gasteiger partial charge on any atom is -0.497 e. The molecule has 2 aromatic carbocycles. The Hall–Kier alpha value is -2.40. The molecule has 0 fully saturated rings. The van der Waals surface area contributed by atoms with E-state index in [1.807, 2.05) is 24.3 Å². The zero-order valence-corrected chi connectivity index (χ0v) is 14.5. The highest BCUT2D eigenvalue weighted by Gasteiger charge is 2.06. The fourth-order valence-corrected chi connectivity index (χ4v) is 2.40. The zero-order chi connectivity index (χ0) is 17.4. The predicted octanol–water partition coefficient (Wildman–Crippen LogP) is 3.13. The van der Waals surface area contributed by atoms with Gasteiger partial charge < -0.3 is 20.1 Å². The Morgan fingerprint density at radius 3 is 2.71 bits per heavy atom. The summed E-state index contributed by atoms with van der Waals surface area (Å²) in [4.78, 5) is 11.9. The van der Waals surface area contributed by atoms with E-state index < -0.39 is 0 Å². The molecular formula is C18H21ClN2O3.